The monoisotopic (exact) mass is 228 g/mol. The lowest BCUT2D eigenvalue weighted by atomic mass is 10.0. The van der Waals surface area contributed by atoms with Gasteiger partial charge in [-0.3, -0.25) is 0 Å². The summed E-state index contributed by atoms with van der Waals surface area (Å²) >= 11 is 0. The van der Waals surface area contributed by atoms with Gasteiger partial charge in [-0.15, -0.1) is 0 Å². The summed E-state index contributed by atoms with van der Waals surface area (Å²) in [5.41, 5.74) is 27.4. The van der Waals surface area contributed by atoms with E-state index in [-0.39, 0.29) is 0 Å². The maximum absolute atomic E-state index is 5.93. The fraction of sp³-hybridized carbons (Fsp3) is 0.0769. The van der Waals surface area contributed by atoms with Crippen molar-refractivity contribution in [1.29, 1.82) is 0 Å². The molecular formula is C13H16N4. The second kappa shape index (κ2) is 4.25. The van der Waals surface area contributed by atoms with E-state index in [1.54, 1.807) is 6.07 Å². The first-order chi connectivity index (χ1) is 8.08. The van der Waals surface area contributed by atoms with Gasteiger partial charge >= 0.3 is 0 Å². The highest BCUT2D eigenvalue weighted by Gasteiger charge is 2.06. The lowest BCUT2D eigenvalue weighted by Crippen LogP contribution is -2.04. The van der Waals surface area contributed by atoms with E-state index in [1.165, 1.54) is 0 Å². The Kier molecular flexibility index (Phi) is 2.78. The summed E-state index contributed by atoms with van der Waals surface area (Å²) in [6.45, 7) is 0. The topological polar surface area (TPSA) is 104 Å². The third kappa shape index (κ3) is 2.25. The van der Waals surface area contributed by atoms with Gasteiger partial charge in [-0.25, -0.2) is 0 Å². The molecule has 0 unspecified atom stereocenters. The fourth-order valence-corrected chi connectivity index (χ4v) is 1.71. The predicted molar refractivity (Wildman–Crippen MR) is 73.3 cm³/mol. The van der Waals surface area contributed by atoms with Gasteiger partial charge in [0, 0.05) is 5.69 Å². The Bertz CT molecular complexity index is 532. The maximum atomic E-state index is 5.93. The number of anilines is 4. The number of benzene rings is 2. The lowest BCUT2D eigenvalue weighted by molar-refractivity contribution is 1.20. The minimum absolute atomic E-state index is 0.456. The highest BCUT2D eigenvalue weighted by molar-refractivity contribution is 5.79. The van der Waals surface area contributed by atoms with Crippen LogP contribution in [0.3, 0.4) is 0 Å². The van der Waals surface area contributed by atoms with Gasteiger partial charge < -0.3 is 22.9 Å². The van der Waals surface area contributed by atoms with Gasteiger partial charge in [-0.2, -0.15) is 0 Å². The number of nitrogens with two attached hydrogens (primary N) is 4. The van der Waals surface area contributed by atoms with Crippen molar-refractivity contribution in [1.82, 2.24) is 0 Å². The molecule has 0 aliphatic rings. The molecule has 17 heavy (non-hydrogen) atoms. The average molecular weight is 228 g/mol. The number of hydrogen-bond donors (Lipinski definition) is 4. The van der Waals surface area contributed by atoms with Crippen LogP contribution in [0, 0.1) is 0 Å². The molecule has 2 aromatic rings. The molecule has 2 aromatic carbocycles. The third-order valence-corrected chi connectivity index (χ3v) is 2.79. The third-order valence-electron chi connectivity index (χ3n) is 2.79. The second-order valence-electron chi connectivity index (χ2n) is 4.06. The summed E-state index contributed by atoms with van der Waals surface area (Å²) in [6, 6.07) is 11.4. The van der Waals surface area contributed by atoms with Crippen molar-refractivity contribution >= 4 is 22.7 Å². The molecule has 4 heteroatoms. The SMILES string of the molecule is Nc1ccc(Cc2ccc(N)c(N)c2N)cc1. The quantitative estimate of drug-likeness (QED) is 0.586. The van der Waals surface area contributed by atoms with Gasteiger partial charge in [-0.05, 0) is 35.7 Å². The second-order valence-corrected chi connectivity index (χ2v) is 4.06. The first kappa shape index (κ1) is 11.1. The minimum atomic E-state index is 0.456. The molecule has 0 aliphatic carbocycles. The van der Waals surface area contributed by atoms with Gasteiger partial charge in [0.15, 0.2) is 0 Å². The summed E-state index contributed by atoms with van der Waals surface area (Å²) < 4.78 is 0. The zero-order valence-corrected chi connectivity index (χ0v) is 9.48. The molecule has 0 amide bonds. The Hall–Kier alpha value is -2.36. The summed E-state index contributed by atoms with van der Waals surface area (Å²) in [6.07, 6.45) is 0.719. The van der Waals surface area contributed by atoms with E-state index in [0.717, 1.165) is 23.2 Å². The minimum Gasteiger partial charge on any atom is -0.399 e. The van der Waals surface area contributed by atoms with Crippen LogP contribution in [0.15, 0.2) is 36.4 Å². The molecule has 0 saturated heterocycles. The van der Waals surface area contributed by atoms with Crippen LogP contribution in [0.25, 0.3) is 0 Å². The normalized spacial score (nSPS) is 10.4. The molecule has 0 bridgehead atoms. The Morgan fingerprint density at radius 2 is 1.35 bits per heavy atom. The number of nitrogen functional groups attached to an aromatic ring is 4. The van der Waals surface area contributed by atoms with Crippen molar-refractivity contribution in [2.45, 2.75) is 6.42 Å². The van der Waals surface area contributed by atoms with Crippen LogP contribution >= 0.6 is 0 Å². The molecule has 0 radical (unpaired) electrons. The van der Waals surface area contributed by atoms with E-state index in [9.17, 15) is 0 Å². The molecule has 0 saturated carbocycles. The lowest BCUT2D eigenvalue weighted by Gasteiger charge is -2.10. The molecule has 2 rings (SSSR count). The van der Waals surface area contributed by atoms with Crippen LogP contribution in [-0.4, -0.2) is 0 Å². The predicted octanol–water partition coefficient (Wildman–Crippen LogP) is 1.61. The zero-order valence-electron chi connectivity index (χ0n) is 9.48. The van der Waals surface area contributed by atoms with Crippen LogP contribution in [0.5, 0.6) is 0 Å². The molecule has 0 fully saturated rings. The van der Waals surface area contributed by atoms with E-state index >= 15 is 0 Å². The van der Waals surface area contributed by atoms with Crippen LogP contribution < -0.4 is 22.9 Å². The Labute approximate surface area is 100 Å². The Morgan fingerprint density at radius 3 is 2.00 bits per heavy atom. The summed E-state index contributed by atoms with van der Waals surface area (Å²) in [7, 11) is 0. The molecular weight excluding hydrogens is 212 g/mol. The fourth-order valence-electron chi connectivity index (χ4n) is 1.71. The zero-order chi connectivity index (χ0) is 12.4. The largest absolute Gasteiger partial charge is 0.399 e. The van der Waals surface area contributed by atoms with Gasteiger partial charge in [0.2, 0.25) is 0 Å². The van der Waals surface area contributed by atoms with E-state index in [0.29, 0.717) is 17.1 Å². The van der Waals surface area contributed by atoms with Crippen LogP contribution in [0.2, 0.25) is 0 Å². The maximum Gasteiger partial charge on any atom is 0.0784 e. The van der Waals surface area contributed by atoms with Crippen molar-refractivity contribution in [3.8, 4) is 0 Å². The average Bonchev–Trinajstić information content (AvgIpc) is 2.33. The van der Waals surface area contributed by atoms with Crippen molar-refractivity contribution in [3.05, 3.63) is 47.5 Å². The van der Waals surface area contributed by atoms with Crippen LogP contribution in [0.1, 0.15) is 11.1 Å². The molecule has 0 heterocycles. The molecule has 0 atom stereocenters. The van der Waals surface area contributed by atoms with Crippen molar-refractivity contribution in [2.75, 3.05) is 22.9 Å². The molecule has 88 valence electrons. The summed E-state index contributed by atoms with van der Waals surface area (Å²) in [5, 5.41) is 0. The number of hydrogen-bond acceptors (Lipinski definition) is 4. The van der Waals surface area contributed by atoms with Gasteiger partial charge in [-0.1, -0.05) is 18.2 Å². The Balaban J connectivity index is 2.30. The Morgan fingerprint density at radius 1 is 0.706 bits per heavy atom. The number of rotatable bonds is 2. The van der Waals surface area contributed by atoms with E-state index in [2.05, 4.69) is 0 Å². The molecule has 0 aromatic heterocycles. The highest BCUT2D eigenvalue weighted by Crippen LogP contribution is 2.28. The first-order valence-corrected chi connectivity index (χ1v) is 5.34. The van der Waals surface area contributed by atoms with E-state index < -0.39 is 0 Å². The molecule has 4 nitrogen and oxygen atoms in total. The van der Waals surface area contributed by atoms with Crippen molar-refractivity contribution < 1.29 is 0 Å². The van der Waals surface area contributed by atoms with Gasteiger partial charge in [0.1, 0.15) is 0 Å². The summed E-state index contributed by atoms with van der Waals surface area (Å²) in [5.74, 6) is 0. The van der Waals surface area contributed by atoms with Gasteiger partial charge in [0.25, 0.3) is 0 Å². The van der Waals surface area contributed by atoms with E-state index in [4.69, 9.17) is 22.9 Å². The smallest absolute Gasteiger partial charge is 0.0784 e. The van der Waals surface area contributed by atoms with Crippen LogP contribution in [-0.2, 0) is 6.42 Å². The molecule has 8 N–H and O–H groups in total. The molecule has 0 aliphatic heterocycles. The first-order valence-electron chi connectivity index (χ1n) is 5.34. The van der Waals surface area contributed by atoms with Crippen molar-refractivity contribution in [2.24, 2.45) is 0 Å². The highest BCUT2D eigenvalue weighted by atomic mass is 14.7. The van der Waals surface area contributed by atoms with Crippen LogP contribution in [0.4, 0.5) is 22.7 Å². The van der Waals surface area contributed by atoms with Gasteiger partial charge in [0.05, 0.1) is 17.1 Å². The molecule has 0 spiro atoms. The van der Waals surface area contributed by atoms with E-state index in [1.807, 2.05) is 30.3 Å². The summed E-state index contributed by atoms with van der Waals surface area (Å²) in [4.78, 5) is 0. The standard InChI is InChI=1S/C13H16N4/c14-10-4-1-8(2-5-10)7-9-3-6-11(15)13(17)12(9)16/h1-6H,7,14-17H2. The van der Waals surface area contributed by atoms with Crippen molar-refractivity contribution in [3.63, 3.8) is 0 Å².